The van der Waals surface area contributed by atoms with Gasteiger partial charge < -0.3 is 20.3 Å². The normalized spacial score (nSPS) is 44.3. The van der Waals surface area contributed by atoms with E-state index in [-0.39, 0.29) is 12.4 Å². The van der Waals surface area contributed by atoms with Crippen molar-refractivity contribution in [2.45, 2.75) is 69.9 Å². The lowest BCUT2D eigenvalue weighted by atomic mass is 9.49. The molecule has 0 aromatic heterocycles. The average Bonchev–Trinajstić information content (AvgIpc) is 3.31. The topological polar surface area (TPSA) is 170 Å². The second-order valence-electron chi connectivity index (χ2n) is 11.0. The second-order valence-corrected chi connectivity index (χ2v) is 12.5. The minimum atomic E-state index is -3.67. The largest absolute Gasteiger partial charge is 0.480 e. The first-order chi connectivity index (χ1) is 15.6. The molecule has 0 spiro atoms. The van der Waals surface area contributed by atoms with Crippen LogP contribution in [-0.2, 0) is 34.0 Å². The molecule has 0 aliphatic heterocycles. The fourth-order valence-electron chi connectivity index (χ4n) is 7.46. The standard InChI is InChI=1S/C21H28FNO6.CH4O3S/c1-9(28-17(24)15-13-5-14(22)21(23,16(13)15)18(25)26)29-19(27)20-6-10-2-11(7-20)4-12(3-10)8-20;1-5(2,3)4/h9-16H,2-8,23H2,1H3,(H,25,26);1H3,(H,2,3,4)/t9-,10?,11?,12?,13-,14-,15-,16-,20?,21-;/m0./s1. The number of fused-ring (bicyclic) bond motifs is 1. The molecule has 6 aliphatic carbocycles. The Morgan fingerprint density at radius 1 is 1.03 bits per heavy atom. The number of carboxylic acid groups (broad SMARTS) is 1. The van der Waals surface area contributed by atoms with Gasteiger partial charge in [0.05, 0.1) is 17.6 Å². The van der Waals surface area contributed by atoms with Crippen molar-refractivity contribution in [1.29, 1.82) is 0 Å². The summed E-state index contributed by atoms with van der Waals surface area (Å²) in [6, 6.07) is 0. The summed E-state index contributed by atoms with van der Waals surface area (Å²) < 4.78 is 50.7. The smallest absolute Gasteiger partial charge is 0.327 e. The summed E-state index contributed by atoms with van der Waals surface area (Å²) in [7, 11) is -3.67. The minimum Gasteiger partial charge on any atom is -0.480 e. The van der Waals surface area contributed by atoms with Gasteiger partial charge in [0.25, 0.3) is 10.1 Å². The van der Waals surface area contributed by atoms with E-state index in [0.29, 0.717) is 24.0 Å². The van der Waals surface area contributed by atoms with Crippen molar-refractivity contribution in [2.24, 2.45) is 46.7 Å². The summed E-state index contributed by atoms with van der Waals surface area (Å²) in [5.74, 6) is -2.53. The number of carbonyl (C=O) groups excluding carboxylic acids is 2. The Morgan fingerprint density at radius 3 is 1.94 bits per heavy atom. The number of ether oxygens (including phenoxy) is 2. The molecule has 6 saturated carbocycles. The molecule has 0 aromatic carbocycles. The van der Waals surface area contributed by atoms with Gasteiger partial charge in [-0.05, 0) is 68.6 Å². The summed E-state index contributed by atoms with van der Waals surface area (Å²) in [4.78, 5) is 36.9. The predicted octanol–water partition coefficient (Wildman–Crippen LogP) is 1.53. The molecule has 6 atom stereocenters. The number of rotatable bonds is 5. The molecule has 0 amide bonds. The SMILES string of the molecule is CS(=O)(=O)O.C[C@@H](OC(=O)[C@H]1[C@@H]2C[C@H](F)[C@@](N)(C(=O)O)[C@@H]21)OC(=O)C12CC3CC(CC(C3)C1)C2. The van der Waals surface area contributed by atoms with E-state index in [0.717, 1.165) is 19.3 Å². The quantitative estimate of drug-likeness (QED) is 0.283. The Morgan fingerprint density at radius 2 is 1.50 bits per heavy atom. The molecule has 0 radical (unpaired) electrons. The first-order valence-electron chi connectivity index (χ1n) is 11.6. The highest BCUT2D eigenvalue weighted by Gasteiger charge is 2.75. The van der Waals surface area contributed by atoms with Crippen LogP contribution in [0.3, 0.4) is 0 Å². The Hall–Kier alpha value is -1.79. The summed E-state index contributed by atoms with van der Waals surface area (Å²) in [5, 5.41) is 9.31. The molecule has 4 N–H and O–H groups in total. The van der Waals surface area contributed by atoms with Crippen LogP contribution in [0.5, 0.6) is 0 Å². The summed E-state index contributed by atoms with van der Waals surface area (Å²) >= 11 is 0. The summed E-state index contributed by atoms with van der Waals surface area (Å²) in [5.41, 5.74) is 3.28. The molecular formula is C22H32FNO9S. The van der Waals surface area contributed by atoms with Gasteiger partial charge in [-0.2, -0.15) is 8.42 Å². The van der Waals surface area contributed by atoms with Crippen molar-refractivity contribution in [3.63, 3.8) is 0 Å². The molecule has 0 heterocycles. The van der Waals surface area contributed by atoms with Gasteiger partial charge in [-0.3, -0.25) is 18.9 Å². The van der Waals surface area contributed by atoms with Crippen molar-refractivity contribution in [3.05, 3.63) is 0 Å². The van der Waals surface area contributed by atoms with Gasteiger partial charge in [-0.1, -0.05) is 0 Å². The number of aliphatic carboxylic acids is 1. The second kappa shape index (κ2) is 8.41. The van der Waals surface area contributed by atoms with Crippen LogP contribution in [-0.4, -0.2) is 60.2 Å². The van der Waals surface area contributed by atoms with Gasteiger partial charge in [0.15, 0.2) is 0 Å². The van der Waals surface area contributed by atoms with E-state index in [1.807, 2.05) is 0 Å². The number of hydrogen-bond donors (Lipinski definition) is 3. The molecule has 12 heteroatoms. The highest BCUT2D eigenvalue weighted by atomic mass is 32.2. The van der Waals surface area contributed by atoms with Crippen molar-refractivity contribution in [3.8, 4) is 0 Å². The molecular weight excluding hydrogens is 473 g/mol. The number of hydrogen-bond acceptors (Lipinski definition) is 8. The lowest BCUT2D eigenvalue weighted by Gasteiger charge is -2.55. The van der Waals surface area contributed by atoms with E-state index in [1.165, 1.54) is 26.2 Å². The zero-order chi connectivity index (χ0) is 25.2. The molecule has 4 bridgehead atoms. The minimum absolute atomic E-state index is 0.0608. The zero-order valence-electron chi connectivity index (χ0n) is 19.2. The Kier molecular flexibility index (Phi) is 6.26. The summed E-state index contributed by atoms with van der Waals surface area (Å²) in [6.07, 6.45) is 4.13. The van der Waals surface area contributed by atoms with Crippen molar-refractivity contribution in [2.75, 3.05) is 6.26 Å². The molecule has 6 fully saturated rings. The Bertz CT molecular complexity index is 942. The fourth-order valence-corrected chi connectivity index (χ4v) is 7.46. The molecule has 0 unspecified atom stereocenters. The molecule has 6 aliphatic rings. The highest BCUT2D eigenvalue weighted by Crippen LogP contribution is 2.63. The van der Waals surface area contributed by atoms with Crippen molar-refractivity contribution >= 4 is 28.0 Å². The van der Waals surface area contributed by atoms with Gasteiger partial charge in [-0.25, -0.2) is 4.39 Å². The van der Waals surface area contributed by atoms with Gasteiger partial charge >= 0.3 is 17.9 Å². The van der Waals surface area contributed by atoms with Crippen LogP contribution in [0.2, 0.25) is 0 Å². The number of halogens is 1. The van der Waals surface area contributed by atoms with E-state index < -0.39 is 63.2 Å². The van der Waals surface area contributed by atoms with Crippen molar-refractivity contribution < 1.29 is 46.3 Å². The third-order valence-corrected chi connectivity index (χ3v) is 8.39. The maximum absolute atomic E-state index is 14.0. The van der Waals surface area contributed by atoms with Crippen LogP contribution in [0.1, 0.15) is 51.9 Å². The summed E-state index contributed by atoms with van der Waals surface area (Å²) in [6.45, 7) is 1.50. The molecule has 6 rings (SSSR count). The van der Waals surface area contributed by atoms with Crippen LogP contribution in [0.15, 0.2) is 0 Å². The number of nitrogens with two attached hydrogens (primary N) is 1. The van der Waals surface area contributed by atoms with Gasteiger partial charge in [0.2, 0.25) is 6.29 Å². The van der Waals surface area contributed by atoms with E-state index in [9.17, 15) is 32.3 Å². The fraction of sp³-hybridized carbons (Fsp3) is 0.864. The lowest BCUT2D eigenvalue weighted by molar-refractivity contribution is -0.202. The predicted molar refractivity (Wildman–Crippen MR) is 114 cm³/mol. The van der Waals surface area contributed by atoms with Gasteiger partial charge in [0.1, 0.15) is 11.7 Å². The van der Waals surface area contributed by atoms with Crippen LogP contribution in [0.25, 0.3) is 0 Å². The Balaban J connectivity index is 0.000000499. The molecule has 0 aromatic rings. The maximum Gasteiger partial charge on any atom is 0.327 e. The van der Waals surface area contributed by atoms with Crippen LogP contribution < -0.4 is 5.73 Å². The number of carbonyl (C=O) groups is 3. The Labute approximate surface area is 197 Å². The molecule has 0 saturated heterocycles. The third kappa shape index (κ3) is 4.56. The van der Waals surface area contributed by atoms with Crippen LogP contribution in [0, 0.1) is 40.9 Å². The highest BCUT2D eigenvalue weighted by molar-refractivity contribution is 7.85. The van der Waals surface area contributed by atoms with E-state index in [1.54, 1.807) is 0 Å². The molecule has 192 valence electrons. The first kappa shape index (κ1) is 25.3. The van der Waals surface area contributed by atoms with E-state index in [2.05, 4.69) is 0 Å². The monoisotopic (exact) mass is 505 g/mol. The van der Waals surface area contributed by atoms with Crippen molar-refractivity contribution in [1.82, 2.24) is 0 Å². The number of carboxylic acids is 1. The number of esters is 2. The van der Waals surface area contributed by atoms with E-state index in [4.69, 9.17) is 19.8 Å². The van der Waals surface area contributed by atoms with Crippen LogP contribution >= 0.6 is 0 Å². The zero-order valence-corrected chi connectivity index (χ0v) is 20.0. The van der Waals surface area contributed by atoms with E-state index >= 15 is 0 Å². The lowest BCUT2D eigenvalue weighted by Crippen LogP contribution is -2.56. The first-order valence-corrected chi connectivity index (χ1v) is 13.5. The maximum atomic E-state index is 14.0. The van der Waals surface area contributed by atoms with Gasteiger partial charge in [-0.15, -0.1) is 0 Å². The molecule has 34 heavy (non-hydrogen) atoms. The average molecular weight is 506 g/mol. The van der Waals surface area contributed by atoms with Gasteiger partial charge in [0, 0.05) is 12.8 Å². The third-order valence-electron chi connectivity index (χ3n) is 8.39. The molecule has 10 nitrogen and oxygen atoms in total. The number of alkyl halides is 1. The van der Waals surface area contributed by atoms with Crippen LogP contribution in [0.4, 0.5) is 4.39 Å².